The zero-order valence-corrected chi connectivity index (χ0v) is 18.1. The van der Waals surface area contributed by atoms with Crippen molar-refractivity contribution in [3.8, 4) is 11.8 Å². The monoisotopic (exact) mass is 452 g/mol. The van der Waals surface area contributed by atoms with E-state index in [1.54, 1.807) is 24.7 Å². The molecule has 148 valence electrons. The van der Waals surface area contributed by atoms with Crippen LogP contribution < -0.4 is 5.32 Å². The van der Waals surface area contributed by atoms with E-state index in [1.165, 1.54) is 6.26 Å². The van der Waals surface area contributed by atoms with Gasteiger partial charge in [-0.1, -0.05) is 30.2 Å². The maximum atomic E-state index is 13.1. The Morgan fingerprint density at radius 3 is 2.90 bits per heavy atom. The standard InChI is InChI=1S/C22H21BrN4O2/c1-4-5-11-27-20(18(10-12-29-3)26-22(27)23)21(28)24-14-19-17-9-7-6-8-16(17)13-15(2)25-19/h6-10,12-13H,11,14H2,1-3H3,(H,24,28). The number of carbonyl (C=O) groups is 1. The molecule has 3 aromatic rings. The molecule has 0 bridgehead atoms. The zero-order valence-electron chi connectivity index (χ0n) is 16.5. The van der Waals surface area contributed by atoms with Crippen molar-refractivity contribution in [1.82, 2.24) is 19.9 Å². The van der Waals surface area contributed by atoms with Crippen molar-refractivity contribution in [2.75, 3.05) is 7.11 Å². The number of pyridine rings is 1. The molecule has 2 heterocycles. The molecule has 3 rings (SSSR count). The van der Waals surface area contributed by atoms with Gasteiger partial charge in [0.15, 0.2) is 4.73 Å². The molecule has 6 nitrogen and oxygen atoms in total. The van der Waals surface area contributed by atoms with Crippen LogP contribution in [0.15, 0.2) is 41.3 Å². The number of amides is 1. The van der Waals surface area contributed by atoms with Gasteiger partial charge in [0, 0.05) is 17.2 Å². The van der Waals surface area contributed by atoms with E-state index in [0.29, 0.717) is 29.2 Å². The van der Waals surface area contributed by atoms with Crippen molar-refractivity contribution in [3.63, 3.8) is 0 Å². The summed E-state index contributed by atoms with van der Waals surface area (Å²) >= 11 is 3.41. The predicted octanol–water partition coefficient (Wildman–Crippen LogP) is 4.07. The van der Waals surface area contributed by atoms with E-state index in [9.17, 15) is 4.79 Å². The summed E-state index contributed by atoms with van der Waals surface area (Å²) in [6.07, 6.45) is 3.13. The second-order valence-corrected chi connectivity index (χ2v) is 6.99. The number of hydrogen-bond acceptors (Lipinski definition) is 4. The van der Waals surface area contributed by atoms with Gasteiger partial charge in [0.2, 0.25) is 0 Å². The number of rotatable bonds is 6. The summed E-state index contributed by atoms with van der Waals surface area (Å²) in [6.45, 7) is 4.35. The van der Waals surface area contributed by atoms with Gasteiger partial charge in [-0.15, -0.1) is 5.92 Å². The Bertz CT molecular complexity index is 1140. The maximum Gasteiger partial charge on any atom is 0.270 e. The summed E-state index contributed by atoms with van der Waals surface area (Å²) in [6, 6.07) is 10.0. The quantitative estimate of drug-likeness (QED) is 0.451. The van der Waals surface area contributed by atoms with Crippen LogP contribution in [0.4, 0.5) is 0 Å². The van der Waals surface area contributed by atoms with Crippen molar-refractivity contribution >= 4 is 38.7 Å². The Hall–Kier alpha value is -3.11. The topological polar surface area (TPSA) is 69.0 Å². The average Bonchev–Trinajstić information content (AvgIpc) is 3.03. The van der Waals surface area contributed by atoms with Crippen LogP contribution in [0.5, 0.6) is 0 Å². The number of carbonyl (C=O) groups excluding carboxylic acids is 1. The SMILES string of the molecule is CC#CCn1c(Br)nc(C=COC)c1C(=O)NCc1nc(C)cc2ccccc12. The molecule has 7 heteroatoms. The Kier molecular flexibility index (Phi) is 6.68. The van der Waals surface area contributed by atoms with E-state index < -0.39 is 0 Å². The second kappa shape index (κ2) is 9.39. The summed E-state index contributed by atoms with van der Waals surface area (Å²) in [4.78, 5) is 22.1. The minimum absolute atomic E-state index is 0.260. The van der Waals surface area contributed by atoms with Gasteiger partial charge >= 0.3 is 0 Å². The van der Waals surface area contributed by atoms with E-state index in [0.717, 1.165) is 22.2 Å². The van der Waals surface area contributed by atoms with Crippen LogP contribution in [-0.2, 0) is 17.8 Å². The van der Waals surface area contributed by atoms with Gasteiger partial charge in [0.1, 0.15) is 5.69 Å². The lowest BCUT2D eigenvalue weighted by molar-refractivity contribution is 0.0941. The first-order chi connectivity index (χ1) is 14.0. The number of benzene rings is 1. The van der Waals surface area contributed by atoms with Crippen LogP contribution in [0.1, 0.15) is 34.5 Å². The molecule has 29 heavy (non-hydrogen) atoms. The van der Waals surface area contributed by atoms with Gasteiger partial charge < -0.3 is 14.6 Å². The summed E-state index contributed by atoms with van der Waals surface area (Å²) in [5, 5.41) is 5.09. The van der Waals surface area contributed by atoms with Crippen molar-refractivity contribution < 1.29 is 9.53 Å². The third-order valence-corrected chi connectivity index (χ3v) is 4.91. The molecule has 0 saturated carbocycles. The van der Waals surface area contributed by atoms with Crippen molar-refractivity contribution in [2.45, 2.75) is 26.9 Å². The number of ether oxygens (including phenoxy) is 1. The number of methoxy groups -OCH3 is 1. The fourth-order valence-electron chi connectivity index (χ4n) is 3.03. The average molecular weight is 453 g/mol. The zero-order chi connectivity index (χ0) is 20.8. The lowest BCUT2D eigenvalue weighted by Crippen LogP contribution is -2.27. The van der Waals surface area contributed by atoms with Crippen LogP contribution in [0.3, 0.4) is 0 Å². The summed E-state index contributed by atoms with van der Waals surface area (Å²) in [5.41, 5.74) is 2.63. The first-order valence-corrected chi connectivity index (χ1v) is 9.83. The maximum absolute atomic E-state index is 13.1. The molecule has 0 saturated heterocycles. The van der Waals surface area contributed by atoms with Crippen molar-refractivity contribution in [1.29, 1.82) is 0 Å². The molecular formula is C22H21BrN4O2. The molecule has 2 aromatic heterocycles. The minimum atomic E-state index is -0.260. The van der Waals surface area contributed by atoms with Crippen molar-refractivity contribution in [3.05, 3.63) is 64.1 Å². The van der Waals surface area contributed by atoms with Crippen LogP contribution in [0.25, 0.3) is 16.8 Å². The highest BCUT2D eigenvalue weighted by Gasteiger charge is 2.21. The van der Waals surface area contributed by atoms with Gasteiger partial charge in [-0.2, -0.15) is 0 Å². The molecule has 0 radical (unpaired) electrons. The number of aryl methyl sites for hydroxylation is 1. The van der Waals surface area contributed by atoms with Crippen molar-refractivity contribution in [2.24, 2.45) is 0 Å². The number of nitrogens with one attached hydrogen (secondary N) is 1. The highest BCUT2D eigenvalue weighted by molar-refractivity contribution is 9.10. The van der Waals surface area contributed by atoms with E-state index in [-0.39, 0.29) is 5.91 Å². The number of imidazole rings is 1. The first-order valence-electron chi connectivity index (χ1n) is 9.03. The Morgan fingerprint density at radius 2 is 2.14 bits per heavy atom. The third-order valence-electron chi connectivity index (χ3n) is 4.30. The normalized spacial score (nSPS) is 10.8. The summed E-state index contributed by atoms with van der Waals surface area (Å²) in [5.74, 6) is 5.55. The molecule has 0 aliphatic rings. The van der Waals surface area contributed by atoms with Gasteiger partial charge in [-0.05, 0) is 41.2 Å². The fourth-order valence-corrected chi connectivity index (χ4v) is 3.53. The largest absolute Gasteiger partial charge is 0.504 e. The number of halogens is 1. The summed E-state index contributed by atoms with van der Waals surface area (Å²) in [7, 11) is 1.54. The molecule has 1 aromatic carbocycles. The molecule has 0 aliphatic carbocycles. The van der Waals surface area contributed by atoms with Crippen LogP contribution in [-0.4, -0.2) is 27.6 Å². The number of aromatic nitrogens is 3. The minimum Gasteiger partial charge on any atom is -0.504 e. The van der Waals surface area contributed by atoms with Crippen LogP contribution in [0.2, 0.25) is 0 Å². The number of hydrogen-bond donors (Lipinski definition) is 1. The van der Waals surface area contributed by atoms with E-state index in [2.05, 4.69) is 43.1 Å². The molecule has 0 fully saturated rings. The van der Waals surface area contributed by atoms with E-state index >= 15 is 0 Å². The van der Waals surface area contributed by atoms with Gasteiger partial charge in [0.25, 0.3) is 5.91 Å². The second-order valence-electron chi connectivity index (χ2n) is 6.28. The molecular weight excluding hydrogens is 432 g/mol. The van der Waals surface area contributed by atoms with Gasteiger partial charge in [-0.3, -0.25) is 9.78 Å². The Morgan fingerprint density at radius 1 is 1.34 bits per heavy atom. The highest BCUT2D eigenvalue weighted by Crippen LogP contribution is 2.20. The lowest BCUT2D eigenvalue weighted by atomic mass is 10.1. The fraction of sp³-hybridized carbons (Fsp3) is 0.227. The highest BCUT2D eigenvalue weighted by atomic mass is 79.9. The summed E-state index contributed by atoms with van der Waals surface area (Å²) < 4.78 is 7.24. The van der Waals surface area contributed by atoms with Crippen LogP contribution >= 0.6 is 15.9 Å². The first kappa shape index (κ1) is 20.6. The van der Waals surface area contributed by atoms with E-state index in [1.807, 2.05) is 37.3 Å². The molecule has 0 spiro atoms. The van der Waals surface area contributed by atoms with Gasteiger partial charge in [-0.25, -0.2) is 4.98 Å². The Labute approximate surface area is 178 Å². The predicted molar refractivity (Wildman–Crippen MR) is 117 cm³/mol. The number of nitrogens with zero attached hydrogens (tertiary/aromatic N) is 3. The molecule has 0 unspecified atom stereocenters. The van der Waals surface area contributed by atoms with Gasteiger partial charge in [0.05, 0.1) is 37.8 Å². The molecule has 1 N–H and O–H groups in total. The molecule has 0 atom stereocenters. The number of fused-ring (bicyclic) bond motifs is 1. The third kappa shape index (κ3) is 4.66. The lowest BCUT2D eigenvalue weighted by Gasteiger charge is -2.11. The van der Waals surface area contributed by atoms with Crippen LogP contribution in [0, 0.1) is 18.8 Å². The molecule has 0 aliphatic heterocycles. The smallest absolute Gasteiger partial charge is 0.270 e. The Balaban J connectivity index is 1.93. The van der Waals surface area contributed by atoms with E-state index in [4.69, 9.17) is 4.74 Å². The molecule has 1 amide bonds.